The quantitative estimate of drug-likeness (QED) is 0.635. The Hall–Kier alpha value is -0.610. The molecule has 4 heteroatoms. The maximum atomic E-state index is 11.5. The zero-order valence-corrected chi connectivity index (χ0v) is 10.7. The van der Waals surface area contributed by atoms with Gasteiger partial charge in [0.1, 0.15) is 0 Å². The second-order valence-corrected chi connectivity index (χ2v) is 4.73. The zero-order chi connectivity index (χ0) is 12.3. The summed E-state index contributed by atoms with van der Waals surface area (Å²) < 4.78 is 5.59. The molecule has 0 aliphatic carbocycles. The van der Waals surface area contributed by atoms with Crippen LogP contribution in [0.5, 0.6) is 0 Å². The number of ether oxygens (including phenoxy) is 1. The molecule has 1 aliphatic rings. The number of nitrogens with two attached hydrogens (primary N) is 1. The van der Waals surface area contributed by atoms with E-state index in [1.165, 1.54) is 12.8 Å². The third kappa shape index (κ3) is 7.34. The fourth-order valence-electron chi connectivity index (χ4n) is 2.09. The van der Waals surface area contributed by atoms with Gasteiger partial charge < -0.3 is 15.8 Å². The van der Waals surface area contributed by atoms with Crippen LogP contribution in [0, 0.1) is 0 Å². The zero-order valence-electron chi connectivity index (χ0n) is 10.7. The van der Waals surface area contributed by atoms with Crippen LogP contribution in [0.4, 0.5) is 0 Å². The maximum absolute atomic E-state index is 11.5. The molecule has 4 nitrogen and oxygen atoms in total. The van der Waals surface area contributed by atoms with Crippen molar-refractivity contribution in [2.24, 2.45) is 5.73 Å². The van der Waals surface area contributed by atoms with E-state index in [0.717, 1.165) is 51.8 Å². The Kier molecular flexibility index (Phi) is 8.01. The first kappa shape index (κ1) is 14.5. The van der Waals surface area contributed by atoms with Crippen LogP contribution in [0.15, 0.2) is 0 Å². The summed E-state index contributed by atoms with van der Waals surface area (Å²) in [5.41, 5.74) is 5.40. The minimum atomic E-state index is 0.159. The van der Waals surface area contributed by atoms with E-state index >= 15 is 0 Å². The first-order chi connectivity index (χ1) is 8.33. The van der Waals surface area contributed by atoms with Crippen molar-refractivity contribution in [2.75, 3.05) is 19.7 Å². The van der Waals surface area contributed by atoms with E-state index in [4.69, 9.17) is 10.5 Å². The molecule has 0 radical (unpaired) electrons. The third-order valence-electron chi connectivity index (χ3n) is 3.17. The van der Waals surface area contributed by atoms with Gasteiger partial charge in [0.05, 0.1) is 6.10 Å². The van der Waals surface area contributed by atoms with Gasteiger partial charge in [0.2, 0.25) is 5.91 Å². The molecule has 1 amide bonds. The van der Waals surface area contributed by atoms with Crippen LogP contribution in [-0.4, -0.2) is 31.7 Å². The van der Waals surface area contributed by atoms with Crippen molar-refractivity contribution in [1.29, 1.82) is 0 Å². The van der Waals surface area contributed by atoms with E-state index in [0.29, 0.717) is 12.5 Å². The molecule has 1 heterocycles. The van der Waals surface area contributed by atoms with Gasteiger partial charge in [-0.2, -0.15) is 0 Å². The summed E-state index contributed by atoms with van der Waals surface area (Å²) in [4.78, 5) is 11.5. The molecule has 1 rings (SSSR count). The molecule has 17 heavy (non-hydrogen) atoms. The van der Waals surface area contributed by atoms with Crippen LogP contribution in [0.25, 0.3) is 0 Å². The lowest BCUT2D eigenvalue weighted by Gasteiger charge is -2.22. The summed E-state index contributed by atoms with van der Waals surface area (Å²) in [6, 6.07) is 0. The van der Waals surface area contributed by atoms with Gasteiger partial charge in [0.25, 0.3) is 0 Å². The Morgan fingerprint density at radius 3 is 2.88 bits per heavy atom. The van der Waals surface area contributed by atoms with Gasteiger partial charge in [0.15, 0.2) is 0 Å². The van der Waals surface area contributed by atoms with Gasteiger partial charge in [-0.15, -0.1) is 0 Å². The smallest absolute Gasteiger partial charge is 0.220 e. The fourth-order valence-corrected chi connectivity index (χ4v) is 2.09. The Balaban J connectivity index is 1.93. The molecule has 0 aromatic heterocycles. The summed E-state index contributed by atoms with van der Waals surface area (Å²) in [5.74, 6) is 0.159. The van der Waals surface area contributed by atoms with Crippen LogP contribution in [0.3, 0.4) is 0 Å². The Bertz CT molecular complexity index is 204. The Labute approximate surface area is 104 Å². The molecule has 3 N–H and O–H groups in total. The molecule has 1 fully saturated rings. The average molecular weight is 242 g/mol. The SMILES string of the molecule is NCCCCCNC(=O)CCC1CCCCO1. The summed E-state index contributed by atoms with van der Waals surface area (Å²) >= 11 is 0. The first-order valence-electron chi connectivity index (χ1n) is 6.91. The lowest BCUT2D eigenvalue weighted by atomic mass is 10.0. The largest absolute Gasteiger partial charge is 0.378 e. The minimum absolute atomic E-state index is 0.159. The van der Waals surface area contributed by atoms with Crippen LogP contribution in [-0.2, 0) is 9.53 Å². The van der Waals surface area contributed by atoms with Gasteiger partial charge in [-0.25, -0.2) is 0 Å². The lowest BCUT2D eigenvalue weighted by molar-refractivity contribution is -0.122. The van der Waals surface area contributed by atoms with Crippen molar-refractivity contribution < 1.29 is 9.53 Å². The molecule has 0 aromatic carbocycles. The predicted octanol–water partition coefficient (Wildman–Crippen LogP) is 1.58. The standard InChI is InChI=1S/C13H26N2O2/c14-9-3-1-4-10-15-13(16)8-7-12-6-2-5-11-17-12/h12H,1-11,14H2,(H,15,16). The van der Waals surface area contributed by atoms with Crippen molar-refractivity contribution in [3.63, 3.8) is 0 Å². The number of nitrogens with one attached hydrogen (secondary N) is 1. The van der Waals surface area contributed by atoms with Crippen molar-refractivity contribution >= 4 is 5.91 Å². The highest BCUT2D eigenvalue weighted by atomic mass is 16.5. The number of hydrogen-bond donors (Lipinski definition) is 2. The molecular weight excluding hydrogens is 216 g/mol. The highest BCUT2D eigenvalue weighted by Gasteiger charge is 2.14. The molecular formula is C13H26N2O2. The molecule has 0 saturated carbocycles. The second-order valence-electron chi connectivity index (χ2n) is 4.73. The molecule has 1 aliphatic heterocycles. The number of unbranched alkanes of at least 4 members (excludes halogenated alkanes) is 2. The predicted molar refractivity (Wildman–Crippen MR) is 68.7 cm³/mol. The van der Waals surface area contributed by atoms with Crippen molar-refractivity contribution in [3.05, 3.63) is 0 Å². The van der Waals surface area contributed by atoms with Gasteiger partial charge in [-0.3, -0.25) is 4.79 Å². The van der Waals surface area contributed by atoms with Crippen LogP contribution >= 0.6 is 0 Å². The third-order valence-corrected chi connectivity index (χ3v) is 3.17. The van der Waals surface area contributed by atoms with Gasteiger partial charge in [-0.05, 0) is 45.1 Å². The number of carbonyl (C=O) groups is 1. The van der Waals surface area contributed by atoms with Crippen molar-refractivity contribution in [1.82, 2.24) is 5.32 Å². The van der Waals surface area contributed by atoms with E-state index in [9.17, 15) is 4.79 Å². The van der Waals surface area contributed by atoms with Gasteiger partial charge in [0, 0.05) is 19.6 Å². The van der Waals surface area contributed by atoms with E-state index < -0.39 is 0 Å². The highest BCUT2D eigenvalue weighted by molar-refractivity contribution is 5.75. The van der Waals surface area contributed by atoms with Crippen LogP contribution < -0.4 is 11.1 Å². The summed E-state index contributed by atoms with van der Waals surface area (Å²) in [6.45, 7) is 2.39. The van der Waals surface area contributed by atoms with Crippen LogP contribution in [0.1, 0.15) is 51.4 Å². The molecule has 0 spiro atoms. The summed E-state index contributed by atoms with van der Waals surface area (Å²) in [7, 11) is 0. The maximum Gasteiger partial charge on any atom is 0.220 e. The Morgan fingerprint density at radius 1 is 1.29 bits per heavy atom. The molecule has 1 atom stereocenters. The highest BCUT2D eigenvalue weighted by Crippen LogP contribution is 2.16. The van der Waals surface area contributed by atoms with Gasteiger partial charge in [-0.1, -0.05) is 6.42 Å². The average Bonchev–Trinajstić information content (AvgIpc) is 2.37. The number of carbonyl (C=O) groups excluding carboxylic acids is 1. The van der Waals surface area contributed by atoms with E-state index in [1.54, 1.807) is 0 Å². The normalized spacial score (nSPS) is 20.2. The first-order valence-corrected chi connectivity index (χ1v) is 6.91. The Morgan fingerprint density at radius 2 is 2.18 bits per heavy atom. The summed E-state index contributed by atoms with van der Waals surface area (Å²) in [5, 5.41) is 2.95. The molecule has 1 unspecified atom stereocenters. The lowest BCUT2D eigenvalue weighted by Crippen LogP contribution is -2.27. The second kappa shape index (κ2) is 9.42. The molecule has 100 valence electrons. The molecule has 0 bridgehead atoms. The van der Waals surface area contributed by atoms with Gasteiger partial charge >= 0.3 is 0 Å². The number of amides is 1. The van der Waals surface area contributed by atoms with E-state index in [-0.39, 0.29) is 5.91 Å². The number of hydrogen-bond acceptors (Lipinski definition) is 3. The van der Waals surface area contributed by atoms with Crippen LogP contribution in [0.2, 0.25) is 0 Å². The van der Waals surface area contributed by atoms with E-state index in [1.807, 2.05) is 0 Å². The fraction of sp³-hybridized carbons (Fsp3) is 0.923. The molecule has 0 aromatic rings. The minimum Gasteiger partial charge on any atom is -0.378 e. The van der Waals surface area contributed by atoms with Crippen molar-refractivity contribution in [3.8, 4) is 0 Å². The molecule has 1 saturated heterocycles. The van der Waals surface area contributed by atoms with Crippen molar-refractivity contribution in [2.45, 2.75) is 57.5 Å². The summed E-state index contributed by atoms with van der Waals surface area (Å²) in [6.07, 6.45) is 8.48. The topological polar surface area (TPSA) is 64.3 Å². The number of rotatable bonds is 8. The van der Waals surface area contributed by atoms with E-state index in [2.05, 4.69) is 5.32 Å². The monoisotopic (exact) mass is 242 g/mol.